The molecule has 134 valence electrons. The van der Waals surface area contributed by atoms with Gasteiger partial charge in [0.25, 0.3) is 0 Å². The number of ether oxygens (including phenoxy) is 1. The third kappa shape index (κ3) is 5.91. The van der Waals surface area contributed by atoms with Crippen LogP contribution in [0.5, 0.6) is 0 Å². The largest absolute Gasteiger partial charge is 0.471 e. The van der Waals surface area contributed by atoms with Gasteiger partial charge in [-0.25, -0.2) is 4.79 Å². The third-order valence-corrected chi connectivity index (χ3v) is 3.86. The van der Waals surface area contributed by atoms with Gasteiger partial charge in [0.15, 0.2) is 0 Å². The van der Waals surface area contributed by atoms with Gasteiger partial charge in [0.05, 0.1) is 0 Å². The Balaban J connectivity index is 2.58. The molecule has 1 rings (SSSR count). The monoisotopic (exact) mass is 338 g/mol. The van der Waals surface area contributed by atoms with Crippen LogP contribution in [0.3, 0.4) is 0 Å². The number of amides is 2. The first kappa shape index (κ1) is 19.6. The molecule has 0 bridgehead atoms. The highest BCUT2D eigenvalue weighted by molar-refractivity contribution is 5.82. The molecule has 0 radical (unpaired) electrons. The number of nitrogens with zero attached hydrogens (tertiary/aromatic N) is 1. The summed E-state index contributed by atoms with van der Waals surface area (Å²) < 4.78 is 42.4. The normalized spacial score (nSPS) is 17.8. The van der Waals surface area contributed by atoms with Crippen LogP contribution in [0.15, 0.2) is 0 Å². The number of rotatable bonds is 2. The summed E-state index contributed by atoms with van der Waals surface area (Å²) in [7, 11) is 0. The van der Waals surface area contributed by atoms with E-state index in [4.69, 9.17) is 4.74 Å². The van der Waals surface area contributed by atoms with Crippen LogP contribution in [0.25, 0.3) is 0 Å². The second kappa shape index (κ2) is 6.57. The SMILES string of the molecule is CC(C)(C)OC(=O)N1CCC(C(C)(C)NC(=O)C(F)(F)F)CC1. The van der Waals surface area contributed by atoms with Crippen LogP contribution in [0.1, 0.15) is 47.5 Å². The van der Waals surface area contributed by atoms with Crippen LogP contribution in [0, 0.1) is 5.92 Å². The van der Waals surface area contributed by atoms with Crippen molar-refractivity contribution >= 4 is 12.0 Å². The topological polar surface area (TPSA) is 58.6 Å². The molecule has 0 unspecified atom stereocenters. The lowest BCUT2D eigenvalue weighted by molar-refractivity contribution is -0.176. The molecule has 0 spiro atoms. The van der Waals surface area contributed by atoms with Crippen LogP contribution in [0.4, 0.5) is 18.0 Å². The van der Waals surface area contributed by atoms with Gasteiger partial charge in [-0.1, -0.05) is 0 Å². The molecular weight excluding hydrogens is 313 g/mol. The number of piperidine rings is 1. The minimum atomic E-state index is -4.89. The molecule has 1 aliphatic rings. The summed E-state index contributed by atoms with van der Waals surface area (Å²) in [5, 5.41) is 2.05. The molecule has 5 nitrogen and oxygen atoms in total. The molecule has 0 aromatic carbocycles. The lowest BCUT2D eigenvalue weighted by atomic mass is 9.80. The van der Waals surface area contributed by atoms with Crippen molar-refractivity contribution in [2.45, 2.75) is 64.8 Å². The van der Waals surface area contributed by atoms with Crippen LogP contribution < -0.4 is 5.32 Å². The first-order valence-electron chi connectivity index (χ1n) is 7.59. The van der Waals surface area contributed by atoms with E-state index in [0.717, 1.165) is 0 Å². The van der Waals surface area contributed by atoms with E-state index >= 15 is 0 Å². The maximum atomic E-state index is 12.4. The number of carbonyl (C=O) groups excluding carboxylic acids is 2. The van der Waals surface area contributed by atoms with Crippen molar-refractivity contribution in [3.8, 4) is 0 Å². The van der Waals surface area contributed by atoms with Crippen LogP contribution >= 0.6 is 0 Å². The van der Waals surface area contributed by atoms with E-state index in [0.29, 0.717) is 25.9 Å². The number of hydrogen-bond acceptors (Lipinski definition) is 3. The van der Waals surface area contributed by atoms with Crippen molar-refractivity contribution < 1.29 is 27.5 Å². The van der Waals surface area contributed by atoms with Gasteiger partial charge in [0.1, 0.15) is 5.60 Å². The highest BCUT2D eigenvalue weighted by Crippen LogP contribution is 2.30. The zero-order valence-electron chi connectivity index (χ0n) is 14.2. The Bertz CT molecular complexity index is 448. The summed E-state index contributed by atoms with van der Waals surface area (Å²) in [5.41, 5.74) is -1.58. The van der Waals surface area contributed by atoms with Crippen LogP contribution in [-0.2, 0) is 9.53 Å². The molecular formula is C15H25F3N2O3. The summed E-state index contributed by atoms with van der Waals surface area (Å²) in [5.74, 6) is -2.08. The highest BCUT2D eigenvalue weighted by Gasteiger charge is 2.44. The van der Waals surface area contributed by atoms with Gasteiger partial charge in [-0.15, -0.1) is 0 Å². The van der Waals surface area contributed by atoms with Crippen molar-refractivity contribution in [2.75, 3.05) is 13.1 Å². The fourth-order valence-corrected chi connectivity index (χ4v) is 2.58. The molecule has 0 aromatic heterocycles. The van der Waals surface area contributed by atoms with Gasteiger partial charge in [0, 0.05) is 18.6 Å². The first-order chi connectivity index (χ1) is 10.2. The van der Waals surface area contributed by atoms with E-state index in [1.165, 1.54) is 0 Å². The number of carbonyl (C=O) groups is 2. The zero-order chi connectivity index (χ0) is 18.1. The summed E-state index contributed by atoms with van der Waals surface area (Å²) in [6.07, 6.45) is -4.31. The Morgan fingerprint density at radius 1 is 1.04 bits per heavy atom. The predicted molar refractivity (Wildman–Crippen MR) is 78.8 cm³/mol. The predicted octanol–water partition coefficient (Wildman–Crippen LogP) is 3.09. The Labute approximate surface area is 134 Å². The Morgan fingerprint density at radius 2 is 1.52 bits per heavy atom. The smallest absolute Gasteiger partial charge is 0.444 e. The van der Waals surface area contributed by atoms with Crippen molar-refractivity contribution in [1.82, 2.24) is 10.2 Å². The van der Waals surface area contributed by atoms with Crippen molar-refractivity contribution in [1.29, 1.82) is 0 Å². The van der Waals surface area contributed by atoms with Crippen molar-refractivity contribution in [3.63, 3.8) is 0 Å². The van der Waals surface area contributed by atoms with E-state index in [-0.39, 0.29) is 5.92 Å². The molecule has 23 heavy (non-hydrogen) atoms. The molecule has 1 fully saturated rings. The highest BCUT2D eigenvalue weighted by atomic mass is 19.4. The quantitative estimate of drug-likeness (QED) is 0.842. The second-order valence-corrected chi connectivity index (χ2v) is 7.42. The van der Waals surface area contributed by atoms with Gasteiger partial charge >= 0.3 is 18.2 Å². The Morgan fingerprint density at radius 3 is 1.91 bits per heavy atom. The van der Waals surface area contributed by atoms with E-state index in [2.05, 4.69) is 0 Å². The summed E-state index contributed by atoms with van der Waals surface area (Å²) in [4.78, 5) is 24.6. The van der Waals surface area contributed by atoms with Crippen LogP contribution in [0.2, 0.25) is 0 Å². The fourth-order valence-electron chi connectivity index (χ4n) is 2.58. The lowest BCUT2D eigenvalue weighted by Gasteiger charge is -2.41. The minimum absolute atomic E-state index is 0.146. The molecule has 0 atom stereocenters. The number of alkyl halides is 3. The molecule has 1 heterocycles. The molecule has 1 aliphatic heterocycles. The van der Waals surface area contributed by atoms with Gasteiger partial charge in [0.2, 0.25) is 0 Å². The number of likely N-dealkylation sites (tertiary alicyclic amines) is 1. The maximum absolute atomic E-state index is 12.4. The maximum Gasteiger partial charge on any atom is 0.471 e. The molecule has 0 aliphatic carbocycles. The van der Waals surface area contributed by atoms with Gasteiger partial charge in [-0.2, -0.15) is 13.2 Å². The molecule has 1 saturated heterocycles. The number of nitrogens with one attached hydrogen (secondary N) is 1. The summed E-state index contributed by atoms with van der Waals surface area (Å²) >= 11 is 0. The standard InChI is InChI=1S/C15H25F3N2O3/c1-13(2,3)23-12(22)20-8-6-10(7-9-20)14(4,5)19-11(21)15(16,17)18/h10H,6-9H2,1-5H3,(H,19,21). The van der Waals surface area contributed by atoms with E-state index in [9.17, 15) is 22.8 Å². The first-order valence-corrected chi connectivity index (χ1v) is 7.59. The second-order valence-electron chi connectivity index (χ2n) is 7.42. The zero-order valence-corrected chi connectivity index (χ0v) is 14.2. The van der Waals surface area contributed by atoms with Crippen molar-refractivity contribution in [3.05, 3.63) is 0 Å². The average Bonchev–Trinajstić information content (AvgIpc) is 2.35. The molecule has 1 N–H and O–H groups in total. The minimum Gasteiger partial charge on any atom is -0.444 e. The molecule has 0 saturated carbocycles. The fraction of sp³-hybridized carbons (Fsp3) is 0.867. The van der Waals surface area contributed by atoms with Gasteiger partial charge in [-0.05, 0) is 53.4 Å². The lowest BCUT2D eigenvalue weighted by Crippen LogP contribution is -2.56. The summed E-state index contributed by atoms with van der Waals surface area (Å²) in [6.45, 7) is 9.25. The third-order valence-electron chi connectivity index (χ3n) is 3.86. The molecule has 8 heteroatoms. The molecule has 2 amide bonds. The Hall–Kier alpha value is -1.47. The van der Waals surface area contributed by atoms with E-state index in [1.807, 2.05) is 5.32 Å². The van der Waals surface area contributed by atoms with Crippen molar-refractivity contribution in [2.24, 2.45) is 5.92 Å². The van der Waals surface area contributed by atoms with Gasteiger partial charge in [-0.3, -0.25) is 4.79 Å². The number of halogens is 3. The number of hydrogen-bond donors (Lipinski definition) is 1. The van der Waals surface area contributed by atoms with Crippen LogP contribution in [-0.4, -0.2) is 47.3 Å². The Kier molecular flexibility index (Phi) is 5.59. The van der Waals surface area contributed by atoms with E-state index < -0.39 is 29.3 Å². The summed E-state index contributed by atoms with van der Waals surface area (Å²) in [6, 6.07) is 0. The average molecular weight is 338 g/mol. The van der Waals surface area contributed by atoms with E-state index in [1.54, 1.807) is 39.5 Å². The van der Waals surface area contributed by atoms with Gasteiger partial charge < -0.3 is 15.0 Å². The molecule has 0 aromatic rings.